The van der Waals surface area contributed by atoms with Crippen LogP contribution in [0.4, 0.5) is 4.79 Å². The fourth-order valence-corrected chi connectivity index (χ4v) is 0.859. The Morgan fingerprint density at radius 3 is 2.31 bits per heavy atom. The van der Waals surface area contributed by atoms with Crippen molar-refractivity contribution in [3.8, 4) is 0 Å². The molecule has 0 bridgehead atoms. The Morgan fingerprint density at radius 1 is 1.25 bits per heavy atom. The zero-order valence-corrected chi connectivity index (χ0v) is 10.1. The van der Waals surface area contributed by atoms with Gasteiger partial charge in [0.1, 0.15) is 5.60 Å². The Morgan fingerprint density at radius 2 is 1.88 bits per heavy atom. The van der Waals surface area contributed by atoms with E-state index in [1.807, 2.05) is 20.8 Å². The van der Waals surface area contributed by atoms with Gasteiger partial charge < -0.3 is 4.74 Å². The number of hydrogen-bond acceptors (Lipinski definition) is 2. The summed E-state index contributed by atoms with van der Waals surface area (Å²) in [4.78, 5) is 11.4. The lowest BCUT2D eigenvalue weighted by Crippen LogP contribution is -2.31. The molecule has 0 aromatic rings. The second-order valence-electron chi connectivity index (χ2n) is 4.08. The lowest BCUT2D eigenvalue weighted by molar-refractivity contribution is 0.0548. The van der Waals surface area contributed by atoms with Crippen LogP contribution < -0.4 is 5.32 Å². The highest BCUT2D eigenvalue weighted by atomic mass is 16.6. The molecule has 0 aliphatic rings. The monoisotopic (exact) mass is 221 g/mol. The molecule has 88 valence electrons. The standard InChI is InChI=1S/C13H19NO2/c1-6-8-10-11(9-7-2)14-12(15)16-13(3,4)5/h6-10H,1-2H2,3-5H3,(H,14,15)/b10-8-,11-9+. The largest absolute Gasteiger partial charge is 0.444 e. The van der Waals surface area contributed by atoms with Crippen LogP contribution in [0.3, 0.4) is 0 Å². The predicted octanol–water partition coefficient (Wildman–Crippen LogP) is 3.32. The highest BCUT2D eigenvalue weighted by Gasteiger charge is 2.15. The normalized spacial score (nSPS) is 12.3. The van der Waals surface area contributed by atoms with E-state index in [2.05, 4.69) is 18.5 Å². The fourth-order valence-electron chi connectivity index (χ4n) is 0.859. The molecule has 0 aliphatic carbocycles. The van der Waals surface area contributed by atoms with E-state index in [4.69, 9.17) is 4.74 Å². The lowest BCUT2D eigenvalue weighted by atomic mass is 10.2. The second kappa shape index (κ2) is 6.67. The molecule has 0 heterocycles. The fraction of sp³-hybridized carbons (Fsp3) is 0.308. The van der Waals surface area contributed by atoms with Crippen molar-refractivity contribution in [3.05, 3.63) is 49.2 Å². The molecule has 3 heteroatoms. The number of alkyl carbamates (subject to hydrolysis) is 1. The molecule has 0 unspecified atom stereocenters. The van der Waals surface area contributed by atoms with Gasteiger partial charge in [0.15, 0.2) is 0 Å². The first-order valence-corrected chi connectivity index (χ1v) is 5.01. The lowest BCUT2D eigenvalue weighted by Gasteiger charge is -2.19. The summed E-state index contributed by atoms with van der Waals surface area (Å²) in [5, 5.41) is 2.60. The molecule has 0 radical (unpaired) electrons. The molecule has 0 spiro atoms. The maximum atomic E-state index is 11.4. The van der Waals surface area contributed by atoms with Crippen LogP contribution in [0.25, 0.3) is 0 Å². The minimum Gasteiger partial charge on any atom is -0.444 e. The van der Waals surface area contributed by atoms with Gasteiger partial charge in [0, 0.05) is 5.70 Å². The highest BCUT2D eigenvalue weighted by Crippen LogP contribution is 2.07. The number of allylic oxidation sites excluding steroid dienone is 5. The summed E-state index contributed by atoms with van der Waals surface area (Å²) in [6.45, 7) is 12.5. The first kappa shape index (κ1) is 14.2. The molecule has 0 atom stereocenters. The van der Waals surface area contributed by atoms with Crippen LogP contribution in [0.5, 0.6) is 0 Å². The van der Waals surface area contributed by atoms with E-state index in [9.17, 15) is 4.79 Å². The summed E-state index contributed by atoms with van der Waals surface area (Å²) in [6, 6.07) is 0. The minimum absolute atomic E-state index is 0.491. The smallest absolute Gasteiger partial charge is 0.412 e. The van der Waals surface area contributed by atoms with Crippen molar-refractivity contribution in [3.63, 3.8) is 0 Å². The maximum Gasteiger partial charge on any atom is 0.412 e. The second-order valence-corrected chi connectivity index (χ2v) is 4.08. The molecule has 1 N–H and O–H groups in total. The van der Waals surface area contributed by atoms with Crippen LogP contribution in [-0.4, -0.2) is 11.7 Å². The third-order valence-corrected chi connectivity index (χ3v) is 1.35. The van der Waals surface area contributed by atoms with Crippen LogP contribution in [0.15, 0.2) is 49.2 Å². The molecule has 3 nitrogen and oxygen atoms in total. The van der Waals surface area contributed by atoms with Crippen LogP contribution >= 0.6 is 0 Å². The van der Waals surface area contributed by atoms with E-state index < -0.39 is 11.7 Å². The highest BCUT2D eigenvalue weighted by molar-refractivity contribution is 5.70. The number of carbonyl (C=O) groups is 1. The zero-order chi connectivity index (χ0) is 12.6. The van der Waals surface area contributed by atoms with E-state index in [1.165, 1.54) is 0 Å². The van der Waals surface area contributed by atoms with Gasteiger partial charge in [-0.2, -0.15) is 0 Å². The third-order valence-electron chi connectivity index (χ3n) is 1.35. The SMILES string of the molecule is C=C/C=C\C(=C/C=C)NC(=O)OC(C)(C)C. The average molecular weight is 221 g/mol. The van der Waals surface area contributed by atoms with Gasteiger partial charge in [0.2, 0.25) is 0 Å². The number of rotatable bonds is 4. The Labute approximate surface area is 97.2 Å². The molecule has 0 aromatic heterocycles. The van der Waals surface area contributed by atoms with Gasteiger partial charge in [-0.15, -0.1) is 0 Å². The summed E-state index contributed by atoms with van der Waals surface area (Å²) in [5.41, 5.74) is 0.0927. The van der Waals surface area contributed by atoms with Crippen LogP contribution in [0, 0.1) is 0 Å². The van der Waals surface area contributed by atoms with Gasteiger partial charge in [-0.05, 0) is 32.9 Å². The van der Waals surface area contributed by atoms with Gasteiger partial charge in [0.05, 0.1) is 0 Å². The van der Waals surface area contributed by atoms with E-state index in [0.717, 1.165) is 0 Å². The molecule has 0 aromatic carbocycles. The van der Waals surface area contributed by atoms with E-state index in [0.29, 0.717) is 5.70 Å². The van der Waals surface area contributed by atoms with Crippen molar-refractivity contribution < 1.29 is 9.53 Å². The first-order chi connectivity index (χ1) is 7.39. The summed E-state index contributed by atoms with van der Waals surface area (Å²) >= 11 is 0. The molecule has 0 saturated carbocycles. The number of nitrogens with one attached hydrogen (secondary N) is 1. The van der Waals surface area contributed by atoms with Crippen molar-refractivity contribution in [2.24, 2.45) is 0 Å². The van der Waals surface area contributed by atoms with Crippen molar-refractivity contribution in [1.29, 1.82) is 0 Å². The molecular formula is C13H19NO2. The molecular weight excluding hydrogens is 202 g/mol. The molecule has 0 saturated heterocycles. The summed E-state index contributed by atoms with van der Waals surface area (Å²) in [7, 11) is 0. The Kier molecular flexibility index (Phi) is 5.93. The molecule has 16 heavy (non-hydrogen) atoms. The quantitative estimate of drug-likeness (QED) is 0.739. The van der Waals surface area contributed by atoms with Crippen molar-refractivity contribution in [1.82, 2.24) is 5.32 Å². The zero-order valence-electron chi connectivity index (χ0n) is 10.1. The van der Waals surface area contributed by atoms with E-state index in [1.54, 1.807) is 30.4 Å². The van der Waals surface area contributed by atoms with Gasteiger partial charge in [0.25, 0.3) is 0 Å². The molecule has 0 fully saturated rings. The number of amides is 1. The Hall–Kier alpha value is -1.77. The van der Waals surface area contributed by atoms with Gasteiger partial charge in [-0.1, -0.05) is 31.4 Å². The Balaban J connectivity index is 4.47. The van der Waals surface area contributed by atoms with Gasteiger partial charge in [-0.3, -0.25) is 5.32 Å². The average Bonchev–Trinajstić information content (AvgIpc) is 2.11. The van der Waals surface area contributed by atoms with Crippen molar-refractivity contribution in [2.45, 2.75) is 26.4 Å². The van der Waals surface area contributed by atoms with Crippen LogP contribution in [0.1, 0.15) is 20.8 Å². The van der Waals surface area contributed by atoms with Crippen molar-refractivity contribution >= 4 is 6.09 Å². The predicted molar refractivity (Wildman–Crippen MR) is 67.0 cm³/mol. The van der Waals surface area contributed by atoms with Crippen molar-refractivity contribution in [2.75, 3.05) is 0 Å². The topological polar surface area (TPSA) is 38.3 Å². The summed E-state index contributed by atoms with van der Waals surface area (Å²) < 4.78 is 5.11. The van der Waals surface area contributed by atoms with Gasteiger partial charge >= 0.3 is 6.09 Å². The van der Waals surface area contributed by atoms with Gasteiger partial charge in [-0.25, -0.2) is 4.79 Å². The number of carbonyl (C=O) groups excluding carboxylic acids is 1. The molecule has 0 aliphatic heterocycles. The summed E-state index contributed by atoms with van der Waals surface area (Å²) in [6.07, 6.45) is 7.80. The molecule has 1 amide bonds. The molecule has 0 rings (SSSR count). The first-order valence-electron chi connectivity index (χ1n) is 5.01. The summed E-state index contributed by atoms with van der Waals surface area (Å²) in [5.74, 6) is 0. The maximum absolute atomic E-state index is 11.4. The third kappa shape index (κ3) is 7.62. The van der Waals surface area contributed by atoms with Crippen LogP contribution in [-0.2, 0) is 4.74 Å². The van der Waals surface area contributed by atoms with Crippen LogP contribution in [0.2, 0.25) is 0 Å². The van der Waals surface area contributed by atoms with E-state index in [-0.39, 0.29) is 0 Å². The minimum atomic E-state index is -0.508. The number of ether oxygens (including phenoxy) is 1. The van der Waals surface area contributed by atoms with E-state index >= 15 is 0 Å². The Bertz CT molecular complexity index is 319. The number of hydrogen-bond donors (Lipinski definition) is 1.